The monoisotopic (exact) mass is 425 g/mol. The van der Waals surface area contributed by atoms with Crippen LogP contribution in [0.15, 0.2) is 58.5 Å². The smallest absolute Gasteiger partial charge is 0.164 e. The van der Waals surface area contributed by atoms with Crippen molar-refractivity contribution in [3.63, 3.8) is 0 Å². The summed E-state index contributed by atoms with van der Waals surface area (Å²) in [7, 11) is 0. The van der Waals surface area contributed by atoms with Gasteiger partial charge in [0.05, 0.1) is 11.3 Å². The van der Waals surface area contributed by atoms with Gasteiger partial charge in [0, 0.05) is 39.8 Å². The van der Waals surface area contributed by atoms with Crippen molar-refractivity contribution < 1.29 is 4.42 Å². The first kappa shape index (κ1) is 19.6. The first-order valence-corrected chi connectivity index (χ1v) is 11.2. The van der Waals surface area contributed by atoms with Gasteiger partial charge >= 0.3 is 0 Å². The number of furan rings is 1. The Morgan fingerprint density at radius 2 is 1.97 bits per heavy atom. The Labute approximate surface area is 185 Å². The molecule has 0 aliphatic carbocycles. The largest absolute Gasteiger partial charge is 0.454 e. The third kappa shape index (κ3) is 3.54. The minimum Gasteiger partial charge on any atom is -0.454 e. The van der Waals surface area contributed by atoms with Crippen molar-refractivity contribution in [3.8, 4) is 16.8 Å². The molecule has 0 unspecified atom stereocenters. The first-order chi connectivity index (χ1) is 14.8. The molecule has 0 atom stereocenters. The van der Waals surface area contributed by atoms with E-state index in [0.29, 0.717) is 12.1 Å². The van der Waals surface area contributed by atoms with Gasteiger partial charge in [-0.1, -0.05) is 39.0 Å². The van der Waals surface area contributed by atoms with E-state index in [1.807, 2.05) is 18.3 Å². The zero-order valence-electron chi connectivity index (χ0n) is 18.1. The number of nitriles is 1. The second kappa shape index (κ2) is 7.11. The van der Waals surface area contributed by atoms with Gasteiger partial charge in [-0.15, -0.1) is 11.3 Å². The molecule has 0 bridgehead atoms. The minimum absolute atomic E-state index is 0.0219. The third-order valence-electron chi connectivity index (χ3n) is 5.58. The number of aryl methyl sites for hydroxylation is 1. The van der Waals surface area contributed by atoms with E-state index in [2.05, 4.69) is 74.0 Å². The predicted octanol–water partition coefficient (Wildman–Crippen LogP) is 7.04. The second-order valence-electron chi connectivity index (χ2n) is 9.07. The van der Waals surface area contributed by atoms with Crippen molar-refractivity contribution in [2.75, 3.05) is 0 Å². The lowest BCUT2D eigenvalue weighted by molar-refractivity contribution is 0.571. The summed E-state index contributed by atoms with van der Waals surface area (Å²) in [6.45, 7) is 9.28. The fraction of sp³-hybridized carbons (Fsp3) is 0.231. The molecule has 0 saturated carbocycles. The van der Waals surface area contributed by atoms with Crippen LogP contribution in [0.1, 0.15) is 43.2 Å². The highest BCUT2D eigenvalue weighted by Gasteiger charge is 2.19. The minimum atomic E-state index is 0.0219. The Bertz CT molecular complexity index is 1470. The number of hydrogen-bond acceptors (Lipinski definition) is 4. The third-order valence-corrected chi connectivity index (χ3v) is 6.43. The van der Waals surface area contributed by atoms with Crippen LogP contribution in [-0.2, 0) is 12.0 Å². The standard InChI is InChI=1S/C26H23N3OS/c1-16-5-7-20-19(12-27)14-29(21(20)9-16)13-17-6-8-22-18(10-17)11-23(30-22)25-28-24(15-31-25)26(2,3)4/h5-11,14-15H,13H2,1-4H3. The number of benzene rings is 2. The van der Waals surface area contributed by atoms with E-state index < -0.39 is 0 Å². The molecule has 5 aromatic rings. The van der Waals surface area contributed by atoms with Gasteiger partial charge in [-0.3, -0.25) is 0 Å². The van der Waals surface area contributed by atoms with E-state index in [9.17, 15) is 5.26 Å². The van der Waals surface area contributed by atoms with E-state index in [-0.39, 0.29) is 5.41 Å². The number of aromatic nitrogens is 2. The molecule has 0 saturated heterocycles. The van der Waals surface area contributed by atoms with E-state index in [0.717, 1.165) is 43.9 Å². The molecule has 0 spiro atoms. The van der Waals surface area contributed by atoms with Crippen molar-refractivity contribution in [1.82, 2.24) is 9.55 Å². The number of rotatable bonds is 3. The molecule has 0 N–H and O–H groups in total. The molecule has 0 amide bonds. The fourth-order valence-electron chi connectivity index (χ4n) is 3.85. The van der Waals surface area contributed by atoms with Crippen molar-refractivity contribution in [2.24, 2.45) is 0 Å². The number of nitrogens with zero attached hydrogens (tertiary/aromatic N) is 3. The van der Waals surface area contributed by atoms with Gasteiger partial charge in [-0.05, 0) is 42.3 Å². The summed E-state index contributed by atoms with van der Waals surface area (Å²) in [5, 5.41) is 14.6. The molecular weight excluding hydrogens is 402 g/mol. The molecule has 5 heteroatoms. The van der Waals surface area contributed by atoms with Crippen molar-refractivity contribution in [2.45, 2.75) is 39.7 Å². The van der Waals surface area contributed by atoms with Gasteiger partial charge < -0.3 is 8.98 Å². The van der Waals surface area contributed by atoms with Crippen LogP contribution in [0.2, 0.25) is 0 Å². The Morgan fingerprint density at radius 3 is 2.71 bits per heavy atom. The molecule has 31 heavy (non-hydrogen) atoms. The van der Waals surface area contributed by atoms with E-state index >= 15 is 0 Å². The molecule has 0 fully saturated rings. The summed E-state index contributed by atoms with van der Waals surface area (Å²) < 4.78 is 8.24. The Hall–Kier alpha value is -3.36. The lowest BCUT2D eigenvalue weighted by Crippen LogP contribution is -2.11. The van der Waals surface area contributed by atoms with Crippen LogP contribution in [0.4, 0.5) is 0 Å². The van der Waals surface area contributed by atoms with Crippen LogP contribution < -0.4 is 0 Å². The summed E-state index contributed by atoms with van der Waals surface area (Å²) in [6, 6.07) is 16.9. The number of hydrogen-bond donors (Lipinski definition) is 0. The summed E-state index contributed by atoms with van der Waals surface area (Å²) in [4.78, 5) is 4.78. The number of thiazole rings is 1. The average molecular weight is 426 g/mol. The van der Waals surface area contributed by atoms with Gasteiger partial charge in [0.1, 0.15) is 11.7 Å². The molecule has 3 aromatic heterocycles. The Kier molecular flexibility index (Phi) is 4.49. The maximum Gasteiger partial charge on any atom is 0.164 e. The topological polar surface area (TPSA) is 54.8 Å². The zero-order chi connectivity index (χ0) is 21.8. The summed E-state index contributed by atoms with van der Waals surface area (Å²) in [5.41, 5.74) is 6.10. The van der Waals surface area contributed by atoms with Crippen molar-refractivity contribution in [1.29, 1.82) is 5.26 Å². The highest BCUT2D eigenvalue weighted by molar-refractivity contribution is 7.13. The second-order valence-corrected chi connectivity index (χ2v) is 9.93. The highest BCUT2D eigenvalue weighted by atomic mass is 32.1. The van der Waals surface area contributed by atoms with Gasteiger partial charge in [0.2, 0.25) is 0 Å². The first-order valence-electron chi connectivity index (χ1n) is 10.3. The van der Waals surface area contributed by atoms with Crippen LogP contribution in [0.25, 0.3) is 32.6 Å². The normalized spacial score (nSPS) is 12.0. The maximum atomic E-state index is 9.51. The van der Waals surface area contributed by atoms with Crippen molar-refractivity contribution in [3.05, 3.63) is 76.4 Å². The van der Waals surface area contributed by atoms with Gasteiger partial charge in [0.15, 0.2) is 10.8 Å². The molecule has 0 radical (unpaired) electrons. The predicted molar refractivity (Wildman–Crippen MR) is 127 cm³/mol. The summed E-state index contributed by atoms with van der Waals surface area (Å²) >= 11 is 1.62. The van der Waals surface area contributed by atoms with Crippen LogP contribution in [0.3, 0.4) is 0 Å². The Morgan fingerprint density at radius 1 is 1.13 bits per heavy atom. The molecule has 4 nitrogen and oxygen atoms in total. The molecule has 0 aliphatic rings. The van der Waals surface area contributed by atoms with E-state index in [4.69, 9.17) is 9.40 Å². The molecule has 3 heterocycles. The van der Waals surface area contributed by atoms with Crippen LogP contribution in [0, 0.1) is 18.3 Å². The van der Waals surface area contributed by atoms with E-state index in [1.54, 1.807) is 11.3 Å². The van der Waals surface area contributed by atoms with Crippen LogP contribution in [0.5, 0.6) is 0 Å². The highest BCUT2D eigenvalue weighted by Crippen LogP contribution is 2.33. The van der Waals surface area contributed by atoms with Gasteiger partial charge in [-0.25, -0.2) is 4.98 Å². The lowest BCUT2D eigenvalue weighted by atomic mass is 9.93. The number of fused-ring (bicyclic) bond motifs is 2. The molecule has 5 rings (SSSR count). The van der Waals surface area contributed by atoms with Crippen molar-refractivity contribution >= 4 is 33.2 Å². The maximum absolute atomic E-state index is 9.51. The summed E-state index contributed by atoms with van der Waals surface area (Å²) in [5.74, 6) is 0.807. The zero-order valence-corrected chi connectivity index (χ0v) is 18.9. The lowest BCUT2D eigenvalue weighted by Gasteiger charge is -2.13. The average Bonchev–Trinajstić information content (AvgIpc) is 3.44. The molecular formula is C26H23N3OS. The van der Waals surface area contributed by atoms with Crippen LogP contribution in [-0.4, -0.2) is 9.55 Å². The molecule has 154 valence electrons. The SMILES string of the molecule is Cc1ccc2c(C#N)cn(Cc3ccc4oc(-c5nc(C(C)(C)C)cs5)cc4c3)c2c1. The van der Waals surface area contributed by atoms with E-state index in [1.165, 1.54) is 5.56 Å². The van der Waals surface area contributed by atoms with Crippen LogP contribution >= 0.6 is 11.3 Å². The molecule has 0 aliphatic heterocycles. The Balaban J connectivity index is 1.50. The summed E-state index contributed by atoms with van der Waals surface area (Å²) in [6.07, 6.45) is 1.94. The van der Waals surface area contributed by atoms with Gasteiger partial charge in [0.25, 0.3) is 0 Å². The van der Waals surface area contributed by atoms with Gasteiger partial charge in [-0.2, -0.15) is 5.26 Å². The quantitative estimate of drug-likeness (QED) is 0.311. The molecule has 2 aromatic carbocycles. The fourth-order valence-corrected chi connectivity index (χ4v) is 4.84.